The molecule has 214 valence electrons. The van der Waals surface area contributed by atoms with Crippen LogP contribution in [0, 0.1) is 0 Å². The van der Waals surface area contributed by atoms with E-state index in [4.69, 9.17) is 51.1 Å². The quantitative estimate of drug-likeness (QED) is 0.155. The van der Waals surface area contributed by atoms with Crippen molar-refractivity contribution < 1.29 is 22.3 Å². The molecule has 0 radical (unpaired) electrons. The summed E-state index contributed by atoms with van der Waals surface area (Å²) in [7, 11) is -4.24. The Labute approximate surface area is 256 Å². The maximum Gasteiger partial charge on any atom is 0.209 e. The van der Waals surface area contributed by atoms with Crippen LogP contribution in [0.4, 0.5) is 5.69 Å². The van der Waals surface area contributed by atoms with Gasteiger partial charge in [-0.15, -0.1) is 46.4 Å². The molecule has 0 amide bonds. The number of ether oxygens (including phenoxy) is 1. The lowest BCUT2D eigenvalue weighted by Crippen LogP contribution is -2.28. The van der Waals surface area contributed by atoms with Gasteiger partial charge in [-0.05, 0) is 48.4 Å². The van der Waals surface area contributed by atoms with Crippen molar-refractivity contribution in [3.63, 3.8) is 0 Å². The molecule has 0 N–H and O–H groups in total. The smallest absolute Gasteiger partial charge is 0.209 e. The molecule has 5 rings (SSSR count). The molecule has 5 nitrogen and oxygen atoms in total. The average Bonchev–Trinajstić information content (AvgIpc) is 3.13. The predicted molar refractivity (Wildman–Crippen MR) is 168 cm³/mol. The molecule has 0 unspecified atom stereocenters. The van der Waals surface area contributed by atoms with Crippen LogP contribution in [0.5, 0.6) is 5.75 Å². The summed E-state index contributed by atoms with van der Waals surface area (Å²) in [6, 6.07) is 20.5. The Bertz CT molecular complexity index is 1530. The van der Waals surface area contributed by atoms with E-state index in [9.17, 15) is 13.0 Å². The predicted octanol–water partition coefficient (Wildman–Crippen LogP) is 8.03. The van der Waals surface area contributed by atoms with Crippen molar-refractivity contribution in [1.29, 1.82) is 0 Å². The minimum atomic E-state index is -4.24. The van der Waals surface area contributed by atoms with E-state index in [1.54, 1.807) is 0 Å². The number of fused-ring (bicyclic) bond motifs is 4. The summed E-state index contributed by atoms with van der Waals surface area (Å²) in [5.41, 5.74) is 5.20. The lowest BCUT2D eigenvalue weighted by Gasteiger charge is -2.19. The summed E-state index contributed by atoms with van der Waals surface area (Å²) in [5, 5.41) is 2.72. The number of hydrogen-bond acceptors (Lipinski definition) is 4. The first-order valence-electron chi connectivity index (χ1n) is 12.5. The van der Waals surface area contributed by atoms with E-state index < -0.39 is 10.1 Å². The first kappa shape index (κ1) is 32.5. The Morgan fingerprint density at radius 1 is 0.950 bits per heavy atom. The zero-order chi connectivity index (χ0) is 29.3. The van der Waals surface area contributed by atoms with Crippen LogP contribution >= 0.6 is 46.4 Å². The highest BCUT2D eigenvalue weighted by Crippen LogP contribution is 2.40. The van der Waals surface area contributed by atoms with Crippen molar-refractivity contribution in [1.82, 2.24) is 0 Å². The van der Waals surface area contributed by atoms with Gasteiger partial charge in [0.15, 0.2) is 5.71 Å². The Balaban J connectivity index is 0.000000676. The molecule has 0 aromatic heterocycles. The minimum Gasteiger partial charge on any atom is -0.748 e. The van der Waals surface area contributed by atoms with Crippen molar-refractivity contribution in [2.45, 2.75) is 25.7 Å². The largest absolute Gasteiger partial charge is 0.748 e. The lowest BCUT2D eigenvalue weighted by atomic mass is 9.81. The van der Waals surface area contributed by atoms with Crippen LogP contribution in [0.15, 0.2) is 78.4 Å². The number of nitrogens with zero attached hydrogens (tertiary/aromatic N) is 1. The van der Waals surface area contributed by atoms with E-state index in [0.717, 1.165) is 33.7 Å². The third-order valence-electron chi connectivity index (χ3n) is 6.69. The fraction of sp³-hybridized carbons (Fsp3) is 0.300. The standard InChI is InChI=1S/C28H27NO4S.2CH2Cl2/c1-28(2)24-10-5-6-11-25(24)29(16-7-17-34(30,31)32)27(28)15-12-20-18-23-22-9-4-3-8-21(22)13-14-26(23)33-19-20;2*2-1-3/h3-6,8-15,18H,7,16-17,19H2,1-2H3;2*1H2/b15-12+;;. The summed E-state index contributed by atoms with van der Waals surface area (Å²) in [6.07, 6.45) is 6.66. The SMILES string of the molecule is CC1(C)C(/C=C/C2=Cc3c(ccc4ccccc34)OC2)=[N+](CCCS(=O)(=O)[O-])c2ccccc21.ClCCl.ClCCl. The Kier molecular flexibility index (Phi) is 11.9. The maximum atomic E-state index is 11.2. The summed E-state index contributed by atoms with van der Waals surface area (Å²) >= 11 is 19.1. The van der Waals surface area contributed by atoms with Gasteiger partial charge in [0.25, 0.3) is 0 Å². The summed E-state index contributed by atoms with van der Waals surface area (Å²) < 4.78 is 41.7. The van der Waals surface area contributed by atoms with E-state index in [0.29, 0.717) is 13.2 Å². The molecule has 0 spiro atoms. The lowest BCUT2D eigenvalue weighted by molar-refractivity contribution is -0.437. The van der Waals surface area contributed by atoms with E-state index in [1.165, 1.54) is 10.9 Å². The molecule has 0 atom stereocenters. The van der Waals surface area contributed by atoms with Gasteiger partial charge in [-0.2, -0.15) is 4.58 Å². The molecule has 2 aliphatic rings. The summed E-state index contributed by atoms with van der Waals surface area (Å²) in [6.45, 7) is 5.29. The van der Waals surface area contributed by atoms with Crippen LogP contribution in [-0.4, -0.2) is 52.8 Å². The van der Waals surface area contributed by atoms with E-state index in [2.05, 4.69) is 67.0 Å². The van der Waals surface area contributed by atoms with Crippen LogP contribution in [0.3, 0.4) is 0 Å². The number of rotatable bonds is 6. The molecule has 0 fully saturated rings. The van der Waals surface area contributed by atoms with Crippen molar-refractivity contribution in [3.8, 4) is 5.75 Å². The van der Waals surface area contributed by atoms with Gasteiger partial charge in [0, 0.05) is 35.4 Å². The molecule has 0 bridgehead atoms. The van der Waals surface area contributed by atoms with Crippen molar-refractivity contribution in [2.75, 3.05) is 29.6 Å². The van der Waals surface area contributed by atoms with Crippen LogP contribution in [0.25, 0.3) is 16.8 Å². The molecule has 2 heterocycles. The van der Waals surface area contributed by atoms with Crippen molar-refractivity contribution >= 4 is 84.8 Å². The second kappa shape index (κ2) is 14.7. The monoisotopic (exact) mass is 641 g/mol. The number of benzene rings is 3. The highest BCUT2D eigenvalue weighted by Gasteiger charge is 2.43. The Morgan fingerprint density at radius 3 is 2.30 bits per heavy atom. The maximum absolute atomic E-state index is 11.2. The Hall–Kier alpha value is -2.06. The molecule has 3 aromatic rings. The highest BCUT2D eigenvalue weighted by molar-refractivity contribution is 7.85. The topological polar surface area (TPSA) is 69.4 Å². The average molecular weight is 643 g/mol. The fourth-order valence-electron chi connectivity index (χ4n) is 5.00. The molecule has 2 aliphatic heterocycles. The summed E-state index contributed by atoms with van der Waals surface area (Å²) in [5.74, 6) is 0.518. The van der Waals surface area contributed by atoms with Gasteiger partial charge in [-0.25, -0.2) is 8.42 Å². The van der Waals surface area contributed by atoms with Gasteiger partial charge >= 0.3 is 0 Å². The molecule has 3 aromatic carbocycles. The molecule has 40 heavy (non-hydrogen) atoms. The molecular formula is C30H31Cl4NO4S. The minimum absolute atomic E-state index is 0.194. The van der Waals surface area contributed by atoms with Crippen LogP contribution in [0.1, 0.15) is 31.4 Å². The van der Waals surface area contributed by atoms with Gasteiger partial charge < -0.3 is 9.29 Å². The normalized spacial score (nSPS) is 15.3. The molecule has 0 aliphatic carbocycles. The second-order valence-corrected chi connectivity index (χ2v) is 12.7. The zero-order valence-electron chi connectivity index (χ0n) is 22.2. The molecular weight excluding hydrogens is 612 g/mol. The molecule has 0 saturated carbocycles. The van der Waals surface area contributed by atoms with Crippen LogP contribution in [-0.2, 0) is 15.5 Å². The van der Waals surface area contributed by atoms with Gasteiger partial charge in [0.05, 0.1) is 26.2 Å². The van der Waals surface area contributed by atoms with E-state index in [1.807, 2.05) is 30.3 Å². The third-order valence-corrected chi connectivity index (χ3v) is 7.47. The van der Waals surface area contributed by atoms with Crippen molar-refractivity contribution in [2.24, 2.45) is 0 Å². The van der Waals surface area contributed by atoms with Gasteiger partial charge in [-0.1, -0.05) is 48.5 Å². The second-order valence-electron chi connectivity index (χ2n) is 9.54. The van der Waals surface area contributed by atoms with Gasteiger partial charge in [0.1, 0.15) is 18.9 Å². The highest BCUT2D eigenvalue weighted by atomic mass is 35.5. The molecule has 10 heteroatoms. The van der Waals surface area contributed by atoms with Gasteiger partial charge in [0.2, 0.25) is 5.69 Å². The van der Waals surface area contributed by atoms with Crippen LogP contribution < -0.4 is 4.74 Å². The van der Waals surface area contributed by atoms with E-state index >= 15 is 0 Å². The van der Waals surface area contributed by atoms with E-state index in [-0.39, 0.29) is 28.3 Å². The third kappa shape index (κ3) is 8.03. The number of allylic oxidation sites excluding steroid dienone is 1. The Morgan fingerprint density at radius 2 is 1.60 bits per heavy atom. The molecule has 0 saturated heterocycles. The number of halogens is 4. The number of para-hydroxylation sites is 1. The van der Waals surface area contributed by atoms with Crippen molar-refractivity contribution in [3.05, 3.63) is 89.5 Å². The van der Waals surface area contributed by atoms with Gasteiger partial charge in [-0.3, -0.25) is 0 Å². The fourth-order valence-corrected chi connectivity index (χ4v) is 5.48. The first-order valence-corrected chi connectivity index (χ1v) is 16.2. The first-order chi connectivity index (χ1) is 19.1. The summed E-state index contributed by atoms with van der Waals surface area (Å²) in [4.78, 5) is 0. The van der Waals surface area contributed by atoms with Crippen LogP contribution in [0.2, 0.25) is 0 Å². The number of hydrogen-bond donors (Lipinski definition) is 0. The number of alkyl halides is 4. The zero-order valence-corrected chi connectivity index (χ0v) is 26.1.